The molecular formula is C12H10BrN7O. The average Bonchev–Trinajstić information content (AvgIpc) is 3.00. The molecule has 0 saturated carbocycles. The second-order valence-electron chi connectivity index (χ2n) is 4.03. The van der Waals surface area contributed by atoms with E-state index in [1.165, 1.54) is 17.3 Å². The van der Waals surface area contributed by atoms with Crippen molar-refractivity contribution >= 4 is 21.9 Å². The Morgan fingerprint density at radius 1 is 1.14 bits per heavy atom. The zero-order valence-electron chi connectivity index (χ0n) is 10.7. The third-order valence-corrected chi connectivity index (χ3v) is 3.05. The zero-order valence-corrected chi connectivity index (χ0v) is 12.3. The Kier molecular flexibility index (Phi) is 3.73. The van der Waals surface area contributed by atoms with Crippen molar-refractivity contribution in [1.82, 2.24) is 29.7 Å². The SMILES string of the molecule is Nc1nc(OCc2ccc(Br)cc2)nc(-n2cncn2)n1. The predicted octanol–water partition coefficient (Wildman–Crippen LogP) is 1.38. The molecule has 0 aliphatic heterocycles. The maximum absolute atomic E-state index is 5.64. The third kappa shape index (κ3) is 3.31. The van der Waals surface area contributed by atoms with E-state index in [0.29, 0.717) is 6.61 Å². The molecule has 0 spiro atoms. The van der Waals surface area contributed by atoms with Gasteiger partial charge in [-0.05, 0) is 17.7 Å². The van der Waals surface area contributed by atoms with Crippen LogP contribution in [-0.2, 0) is 6.61 Å². The van der Waals surface area contributed by atoms with E-state index in [-0.39, 0.29) is 17.9 Å². The first kappa shape index (κ1) is 13.4. The van der Waals surface area contributed by atoms with Gasteiger partial charge in [-0.3, -0.25) is 0 Å². The van der Waals surface area contributed by atoms with E-state index in [9.17, 15) is 0 Å². The van der Waals surface area contributed by atoms with Gasteiger partial charge in [0.15, 0.2) is 0 Å². The molecule has 21 heavy (non-hydrogen) atoms. The number of aromatic nitrogens is 6. The maximum Gasteiger partial charge on any atom is 0.323 e. The summed E-state index contributed by atoms with van der Waals surface area (Å²) in [6.45, 7) is 0.327. The van der Waals surface area contributed by atoms with Crippen molar-refractivity contribution < 1.29 is 4.74 Å². The molecule has 0 atom stereocenters. The van der Waals surface area contributed by atoms with Gasteiger partial charge in [0.05, 0.1) is 0 Å². The van der Waals surface area contributed by atoms with Crippen LogP contribution in [0.25, 0.3) is 5.95 Å². The Morgan fingerprint density at radius 2 is 1.95 bits per heavy atom. The van der Waals surface area contributed by atoms with Gasteiger partial charge in [-0.2, -0.15) is 24.7 Å². The van der Waals surface area contributed by atoms with E-state index in [4.69, 9.17) is 10.5 Å². The van der Waals surface area contributed by atoms with Crippen molar-refractivity contribution in [3.63, 3.8) is 0 Å². The highest BCUT2D eigenvalue weighted by atomic mass is 79.9. The highest BCUT2D eigenvalue weighted by Gasteiger charge is 2.08. The number of nitrogens with two attached hydrogens (primary N) is 1. The standard InChI is InChI=1S/C12H10BrN7O/c13-9-3-1-8(2-4-9)5-21-12-18-10(14)17-11(19-12)20-7-15-6-16-20/h1-4,6-7H,5H2,(H2,14,17,18,19). The topological polar surface area (TPSA) is 105 Å². The fourth-order valence-corrected chi connectivity index (χ4v) is 1.83. The van der Waals surface area contributed by atoms with Gasteiger partial charge in [0.2, 0.25) is 5.95 Å². The summed E-state index contributed by atoms with van der Waals surface area (Å²) >= 11 is 3.38. The van der Waals surface area contributed by atoms with Gasteiger partial charge in [-0.1, -0.05) is 28.1 Å². The van der Waals surface area contributed by atoms with Gasteiger partial charge in [-0.25, -0.2) is 4.98 Å². The van der Waals surface area contributed by atoms with E-state index in [2.05, 4.69) is 41.0 Å². The van der Waals surface area contributed by atoms with E-state index in [1.807, 2.05) is 24.3 Å². The summed E-state index contributed by atoms with van der Waals surface area (Å²) < 4.78 is 7.92. The van der Waals surface area contributed by atoms with Gasteiger partial charge < -0.3 is 10.5 Å². The molecule has 106 valence electrons. The molecule has 0 radical (unpaired) electrons. The first-order chi connectivity index (χ1) is 10.2. The van der Waals surface area contributed by atoms with Crippen molar-refractivity contribution in [3.8, 4) is 12.0 Å². The second-order valence-corrected chi connectivity index (χ2v) is 4.95. The Balaban J connectivity index is 1.78. The number of benzene rings is 1. The molecule has 2 N–H and O–H groups in total. The molecule has 0 aliphatic carbocycles. The minimum Gasteiger partial charge on any atom is -0.458 e. The Hall–Kier alpha value is -2.55. The summed E-state index contributed by atoms with van der Waals surface area (Å²) in [6, 6.07) is 7.87. The lowest BCUT2D eigenvalue weighted by Gasteiger charge is -2.06. The average molecular weight is 348 g/mol. The lowest BCUT2D eigenvalue weighted by molar-refractivity contribution is 0.279. The third-order valence-electron chi connectivity index (χ3n) is 2.53. The summed E-state index contributed by atoms with van der Waals surface area (Å²) in [5.41, 5.74) is 6.63. The van der Waals surface area contributed by atoms with Crippen molar-refractivity contribution in [1.29, 1.82) is 0 Å². The number of hydrogen-bond donors (Lipinski definition) is 1. The number of ether oxygens (including phenoxy) is 1. The van der Waals surface area contributed by atoms with Crippen molar-refractivity contribution in [2.45, 2.75) is 6.61 Å². The van der Waals surface area contributed by atoms with Crippen LogP contribution in [0.4, 0.5) is 5.95 Å². The molecule has 2 heterocycles. The first-order valence-corrected chi connectivity index (χ1v) is 6.74. The molecule has 0 amide bonds. The monoisotopic (exact) mass is 347 g/mol. The van der Waals surface area contributed by atoms with Crippen LogP contribution in [0.5, 0.6) is 6.01 Å². The molecular weight excluding hydrogens is 338 g/mol. The molecule has 0 saturated heterocycles. The lowest BCUT2D eigenvalue weighted by Crippen LogP contribution is -2.09. The molecule has 1 aromatic carbocycles. The molecule has 0 bridgehead atoms. The fourth-order valence-electron chi connectivity index (χ4n) is 1.57. The van der Waals surface area contributed by atoms with Gasteiger partial charge in [0.1, 0.15) is 19.3 Å². The van der Waals surface area contributed by atoms with Crippen molar-refractivity contribution in [2.75, 3.05) is 5.73 Å². The minimum absolute atomic E-state index is 0.0568. The predicted molar refractivity (Wildman–Crippen MR) is 77.6 cm³/mol. The number of halogens is 1. The maximum atomic E-state index is 5.64. The number of nitrogens with zero attached hydrogens (tertiary/aromatic N) is 6. The van der Waals surface area contributed by atoms with Crippen LogP contribution >= 0.6 is 15.9 Å². The number of nitrogen functional groups attached to an aromatic ring is 1. The summed E-state index contributed by atoms with van der Waals surface area (Å²) in [5, 5.41) is 3.93. The Labute approximate surface area is 128 Å². The van der Waals surface area contributed by atoms with E-state index >= 15 is 0 Å². The van der Waals surface area contributed by atoms with Gasteiger partial charge in [-0.15, -0.1) is 0 Å². The van der Waals surface area contributed by atoms with Gasteiger partial charge in [0.25, 0.3) is 5.95 Å². The van der Waals surface area contributed by atoms with Crippen LogP contribution in [-0.4, -0.2) is 29.7 Å². The van der Waals surface area contributed by atoms with E-state index in [0.717, 1.165) is 10.0 Å². The van der Waals surface area contributed by atoms with Crippen LogP contribution in [0.2, 0.25) is 0 Å². The highest BCUT2D eigenvalue weighted by molar-refractivity contribution is 9.10. The normalized spacial score (nSPS) is 10.5. The molecule has 8 nitrogen and oxygen atoms in total. The number of anilines is 1. The summed E-state index contributed by atoms with van der Waals surface area (Å²) in [6.07, 6.45) is 2.84. The van der Waals surface area contributed by atoms with Crippen LogP contribution in [0, 0.1) is 0 Å². The van der Waals surface area contributed by atoms with Crippen molar-refractivity contribution in [2.24, 2.45) is 0 Å². The van der Waals surface area contributed by atoms with Crippen LogP contribution in [0.15, 0.2) is 41.4 Å². The molecule has 3 aromatic rings. The summed E-state index contributed by atoms with van der Waals surface area (Å²) in [5.74, 6) is 0.312. The van der Waals surface area contributed by atoms with Crippen molar-refractivity contribution in [3.05, 3.63) is 47.0 Å². The molecule has 2 aromatic heterocycles. The smallest absolute Gasteiger partial charge is 0.323 e. The largest absolute Gasteiger partial charge is 0.458 e. The molecule has 0 fully saturated rings. The molecule has 9 heteroatoms. The lowest BCUT2D eigenvalue weighted by atomic mass is 10.2. The zero-order chi connectivity index (χ0) is 14.7. The minimum atomic E-state index is 0.0568. The quantitative estimate of drug-likeness (QED) is 0.759. The molecule has 0 unspecified atom stereocenters. The fraction of sp³-hybridized carbons (Fsp3) is 0.0833. The van der Waals surface area contributed by atoms with Gasteiger partial charge in [0, 0.05) is 4.47 Å². The van der Waals surface area contributed by atoms with Crippen LogP contribution in [0.1, 0.15) is 5.56 Å². The Morgan fingerprint density at radius 3 is 2.67 bits per heavy atom. The van der Waals surface area contributed by atoms with Gasteiger partial charge >= 0.3 is 6.01 Å². The number of rotatable bonds is 4. The summed E-state index contributed by atoms with van der Waals surface area (Å²) in [7, 11) is 0. The van der Waals surface area contributed by atoms with Crippen LogP contribution < -0.4 is 10.5 Å². The molecule has 3 rings (SSSR count). The van der Waals surface area contributed by atoms with Crippen LogP contribution in [0.3, 0.4) is 0 Å². The number of hydrogen-bond acceptors (Lipinski definition) is 7. The van der Waals surface area contributed by atoms with E-state index < -0.39 is 0 Å². The Bertz CT molecular complexity index is 730. The highest BCUT2D eigenvalue weighted by Crippen LogP contribution is 2.13. The first-order valence-electron chi connectivity index (χ1n) is 5.94. The second kappa shape index (κ2) is 5.83. The summed E-state index contributed by atoms with van der Waals surface area (Å²) in [4.78, 5) is 15.9. The van der Waals surface area contributed by atoms with E-state index in [1.54, 1.807) is 0 Å². The molecule has 0 aliphatic rings.